The molecule has 0 unspecified atom stereocenters. The minimum Gasteiger partial charge on any atom is -0.487 e. The van der Waals surface area contributed by atoms with Gasteiger partial charge in [0.25, 0.3) is 5.56 Å². The van der Waals surface area contributed by atoms with E-state index in [-0.39, 0.29) is 5.56 Å². The second kappa shape index (κ2) is 4.89. The molecule has 1 aromatic carbocycles. The number of hydrogen-bond acceptors (Lipinski definition) is 5. The molecule has 0 saturated heterocycles. The number of H-pyrrole nitrogens is 1. The largest absolute Gasteiger partial charge is 0.487 e. The van der Waals surface area contributed by atoms with Crippen molar-refractivity contribution < 1.29 is 14.2 Å². The molecule has 1 aliphatic heterocycles. The molecule has 2 heterocycles. The van der Waals surface area contributed by atoms with Crippen LogP contribution in [0.4, 0.5) is 0 Å². The lowest BCUT2D eigenvalue weighted by Crippen LogP contribution is -2.10. The molecule has 0 bridgehead atoms. The first-order valence-corrected chi connectivity index (χ1v) is 6.12. The molecule has 3 rings (SSSR count). The van der Waals surface area contributed by atoms with E-state index in [1.807, 2.05) is 0 Å². The molecule has 0 fully saturated rings. The van der Waals surface area contributed by atoms with Gasteiger partial charge in [0, 0.05) is 6.07 Å². The van der Waals surface area contributed by atoms with Gasteiger partial charge >= 0.3 is 0 Å². The molecule has 1 aromatic heterocycles. The van der Waals surface area contributed by atoms with Crippen LogP contribution in [-0.2, 0) is 4.74 Å². The van der Waals surface area contributed by atoms with E-state index in [0.29, 0.717) is 54.7 Å². The maximum absolute atomic E-state index is 11.9. The smallest absolute Gasteiger partial charge is 0.258 e. The Morgan fingerprint density at radius 3 is 2.53 bits per heavy atom. The fourth-order valence-corrected chi connectivity index (χ4v) is 2.01. The van der Waals surface area contributed by atoms with Crippen molar-refractivity contribution in [1.29, 1.82) is 0 Å². The monoisotopic (exact) mass is 262 g/mol. The molecule has 100 valence electrons. The van der Waals surface area contributed by atoms with Gasteiger partial charge in [0.1, 0.15) is 19.0 Å². The van der Waals surface area contributed by atoms with Crippen molar-refractivity contribution in [1.82, 2.24) is 9.97 Å². The number of benzene rings is 1. The molecule has 0 radical (unpaired) electrons. The molecular formula is C13H14N2O4. The van der Waals surface area contributed by atoms with Gasteiger partial charge in [-0.1, -0.05) is 0 Å². The lowest BCUT2D eigenvalue weighted by atomic mass is 10.2. The van der Waals surface area contributed by atoms with Gasteiger partial charge in [0.05, 0.1) is 24.1 Å². The van der Waals surface area contributed by atoms with E-state index in [4.69, 9.17) is 14.2 Å². The van der Waals surface area contributed by atoms with Crippen LogP contribution >= 0.6 is 0 Å². The number of fused-ring (bicyclic) bond motifs is 2. The summed E-state index contributed by atoms with van der Waals surface area (Å²) < 4.78 is 16.5. The standard InChI is InChI=1S/C13H14N2O4/c1-8-14-10-7-12-11(6-9(10)13(16)15-8)18-4-2-17-3-5-19-12/h6-7H,2-5H2,1H3,(H,14,15,16). The minimum atomic E-state index is -0.176. The Morgan fingerprint density at radius 2 is 1.79 bits per heavy atom. The van der Waals surface area contributed by atoms with Crippen LogP contribution < -0.4 is 15.0 Å². The number of nitrogens with zero attached hydrogens (tertiary/aromatic N) is 1. The molecular weight excluding hydrogens is 248 g/mol. The topological polar surface area (TPSA) is 73.4 Å². The minimum absolute atomic E-state index is 0.176. The summed E-state index contributed by atoms with van der Waals surface area (Å²) in [5, 5.41) is 0.494. The molecule has 0 atom stereocenters. The van der Waals surface area contributed by atoms with Gasteiger partial charge in [-0.3, -0.25) is 4.79 Å². The van der Waals surface area contributed by atoms with Gasteiger partial charge in [-0.15, -0.1) is 0 Å². The number of rotatable bonds is 0. The van der Waals surface area contributed by atoms with Gasteiger partial charge in [-0.2, -0.15) is 0 Å². The van der Waals surface area contributed by atoms with E-state index < -0.39 is 0 Å². The Hall–Kier alpha value is -2.08. The summed E-state index contributed by atoms with van der Waals surface area (Å²) >= 11 is 0. The zero-order valence-corrected chi connectivity index (χ0v) is 10.6. The van der Waals surface area contributed by atoms with E-state index in [2.05, 4.69) is 9.97 Å². The molecule has 0 amide bonds. The first-order chi connectivity index (χ1) is 9.24. The van der Waals surface area contributed by atoms with Gasteiger partial charge in [0.15, 0.2) is 11.5 Å². The van der Waals surface area contributed by atoms with Crippen LogP contribution in [0.1, 0.15) is 5.82 Å². The Labute approximate surface area is 109 Å². The molecule has 1 aliphatic rings. The summed E-state index contributed by atoms with van der Waals surface area (Å²) in [5.74, 6) is 1.72. The predicted octanol–water partition coefficient (Wildman–Crippen LogP) is 1.02. The zero-order chi connectivity index (χ0) is 13.2. The van der Waals surface area contributed by atoms with Crippen LogP contribution in [0.15, 0.2) is 16.9 Å². The predicted molar refractivity (Wildman–Crippen MR) is 68.9 cm³/mol. The van der Waals surface area contributed by atoms with E-state index in [1.165, 1.54) is 0 Å². The third kappa shape index (κ3) is 2.39. The molecule has 19 heavy (non-hydrogen) atoms. The van der Waals surface area contributed by atoms with Gasteiger partial charge in [0.2, 0.25) is 0 Å². The van der Waals surface area contributed by atoms with Gasteiger partial charge in [-0.25, -0.2) is 4.98 Å². The number of ether oxygens (including phenoxy) is 3. The summed E-state index contributed by atoms with van der Waals surface area (Å²) in [5.41, 5.74) is 0.425. The van der Waals surface area contributed by atoms with Crippen molar-refractivity contribution in [3.05, 3.63) is 28.3 Å². The average molecular weight is 262 g/mol. The SMILES string of the molecule is Cc1nc2cc3c(cc2c(=O)[nH]1)OCCOCCO3. The highest BCUT2D eigenvalue weighted by molar-refractivity contribution is 5.81. The van der Waals surface area contributed by atoms with Gasteiger partial charge in [-0.05, 0) is 13.0 Å². The van der Waals surface area contributed by atoms with E-state index >= 15 is 0 Å². The van der Waals surface area contributed by atoms with Crippen LogP contribution in [0, 0.1) is 6.92 Å². The third-order valence-corrected chi connectivity index (χ3v) is 2.86. The fraction of sp³-hybridized carbons (Fsp3) is 0.385. The van der Waals surface area contributed by atoms with E-state index in [9.17, 15) is 4.79 Å². The van der Waals surface area contributed by atoms with Crippen LogP contribution in [-0.4, -0.2) is 36.4 Å². The molecule has 0 spiro atoms. The van der Waals surface area contributed by atoms with Crippen molar-refractivity contribution in [2.24, 2.45) is 0 Å². The maximum Gasteiger partial charge on any atom is 0.258 e. The number of aryl methyl sites for hydroxylation is 1. The first-order valence-electron chi connectivity index (χ1n) is 6.12. The Balaban J connectivity index is 2.15. The second-order valence-electron chi connectivity index (χ2n) is 4.28. The molecule has 6 heteroatoms. The average Bonchev–Trinajstić information content (AvgIpc) is 2.48. The molecule has 0 aliphatic carbocycles. The number of nitrogens with one attached hydrogen (secondary N) is 1. The van der Waals surface area contributed by atoms with Crippen LogP contribution in [0.5, 0.6) is 11.5 Å². The van der Waals surface area contributed by atoms with Crippen molar-refractivity contribution in [2.45, 2.75) is 6.92 Å². The Morgan fingerprint density at radius 1 is 1.11 bits per heavy atom. The highest BCUT2D eigenvalue weighted by Gasteiger charge is 2.12. The summed E-state index contributed by atoms with van der Waals surface area (Å²) in [7, 11) is 0. The second-order valence-corrected chi connectivity index (χ2v) is 4.28. The van der Waals surface area contributed by atoms with E-state index in [1.54, 1.807) is 19.1 Å². The number of aromatic amines is 1. The molecule has 0 saturated carbocycles. The van der Waals surface area contributed by atoms with Crippen molar-refractivity contribution in [2.75, 3.05) is 26.4 Å². The van der Waals surface area contributed by atoms with E-state index in [0.717, 1.165) is 0 Å². The molecule has 2 aromatic rings. The summed E-state index contributed by atoms with van der Waals surface area (Å²) in [6, 6.07) is 3.40. The summed E-state index contributed by atoms with van der Waals surface area (Å²) in [4.78, 5) is 18.9. The quantitative estimate of drug-likeness (QED) is 0.767. The van der Waals surface area contributed by atoms with Crippen LogP contribution in [0.25, 0.3) is 10.9 Å². The normalized spacial score (nSPS) is 15.6. The highest BCUT2D eigenvalue weighted by atomic mass is 16.6. The Bertz CT molecular complexity index is 665. The van der Waals surface area contributed by atoms with Crippen molar-refractivity contribution in [3.63, 3.8) is 0 Å². The van der Waals surface area contributed by atoms with Gasteiger partial charge < -0.3 is 19.2 Å². The van der Waals surface area contributed by atoms with Crippen molar-refractivity contribution >= 4 is 10.9 Å². The van der Waals surface area contributed by atoms with Crippen LogP contribution in [0.2, 0.25) is 0 Å². The molecule has 6 nitrogen and oxygen atoms in total. The lowest BCUT2D eigenvalue weighted by Gasteiger charge is -2.11. The number of hydrogen-bond donors (Lipinski definition) is 1. The van der Waals surface area contributed by atoms with Crippen molar-refractivity contribution in [3.8, 4) is 11.5 Å². The summed E-state index contributed by atoms with van der Waals surface area (Å²) in [6.07, 6.45) is 0. The zero-order valence-electron chi connectivity index (χ0n) is 10.6. The lowest BCUT2D eigenvalue weighted by molar-refractivity contribution is 0.0877. The maximum atomic E-state index is 11.9. The highest BCUT2D eigenvalue weighted by Crippen LogP contribution is 2.31. The fourth-order valence-electron chi connectivity index (χ4n) is 2.01. The summed E-state index contributed by atoms with van der Waals surface area (Å²) in [6.45, 7) is 3.64. The Kier molecular flexibility index (Phi) is 3.08. The molecule has 1 N–H and O–H groups in total. The van der Waals surface area contributed by atoms with Crippen LogP contribution in [0.3, 0.4) is 0 Å². The first kappa shape index (κ1) is 12.0. The number of aromatic nitrogens is 2. The third-order valence-electron chi connectivity index (χ3n) is 2.86.